The third kappa shape index (κ3) is 4.64. The van der Waals surface area contributed by atoms with E-state index in [1.165, 1.54) is 6.20 Å². The number of carbonyl (C=O) groups excluding carboxylic acids is 2. The van der Waals surface area contributed by atoms with Gasteiger partial charge in [0, 0.05) is 10.7 Å². The zero-order chi connectivity index (χ0) is 23.5. The van der Waals surface area contributed by atoms with Gasteiger partial charge >= 0.3 is 5.97 Å². The van der Waals surface area contributed by atoms with Crippen LogP contribution in [0.15, 0.2) is 71.3 Å². The number of fused-ring (bicyclic) bond motifs is 1. The average molecular weight is 507 g/mol. The summed E-state index contributed by atoms with van der Waals surface area (Å²) in [6, 6.07) is 18.5. The predicted molar refractivity (Wildman–Crippen MR) is 130 cm³/mol. The van der Waals surface area contributed by atoms with Gasteiger partial charge in [-0.05, 0) is 65.6 Å². The summed E-state index contributed by atoms with van der Waals surface area (Å²) >= 11 is 3.47. The van der Waals surface area contributed by atoms with Crippen LogP contribution >= 0.6 is 15.9 Å². The van der Waals surface area contributed by atoms with Gasteiger partial charge in [-0.3, -0.25) is 4.79 Å². The van der Waals surface area contributed by atoms with Crippen molar-refractivity contribution in [1.82, 2.24) is 4.98 Å². The molecule has 5 nitrogen and oxygen atoms in total. The van der Waals surface area contributed by atoms with Crippen LogP contribution < -0.4 is 5.32 Å². The standard InChI is InChI=1S/C26H20BrFN2O3/c1-3-33-26(32)18-12-22(28)24(29-14-18)30-25(31)23-15(2)20(16-7-5-4-6-8-16)11-17-9-10-19(27)13-21(17)23/h4-14H,3H2,1-2H3,(H,29,30,31). The quantitative estimate of drug-likeness (QED) is 0.312. The molecule has 1 amide bonds. The summed E-state index contributed by atoms with van der Waals surface area (Å²) in [4.78, 5) is 29.2. The number of ether oxygens (including phenoxy) is 1. The molecule has 1 N–H and O–H groups in total. The van der Waals surface area contributed by atoms with Gasteiger partial charge in [0.05, 0.1) is 17.7 Å². The second-order valence-electron chi connectivity index (χ2n) is 7.38. The second-order valence-corrected chi connectivity index (χ2v) is 8.30. The van der Waals surface area contributed by atoms with E-state index in [4.69, 9.17) is 4.74 Å². The number of halogens is 2. The molecule has 4 rings (SSSR count). The summed E-state index contributed by atoms with van der Waals surface area (Å²) in [5, 5.41) is 4.16. The molecule has 4 aromatic rings. The summed E-state index contributed by atoms with van der Waals surface area (Å²) in [6.45, 7) is 3.69. The molecule has 33 heavy (non-hydrogen) atoms. The minimum absolute atomic E-state index is 0.0241. The lowest BCUT2D eigenvalue weighted by molar-refractivity contribution is 0.0525. The van der Waals surface area contributed by atoms with Crippen molar-refractivity contribution < 1.29 is 18.7 Å². The van der Waals surface area contributed by atoms with E-state index in [9.17, 15) is 14.0 Å². The molecule has 166 valence electrons. The summed E-state index contributed by atoms with van der Waals surface area (Å²) < 4.78 is 20.3. The fourth-order valence-corrected chi connectivity index (χ4v) is 4.07. The molecule has 0 aliphatic rings. The highest BCUT2D eigenvalue weighted by molar-refractivity contribution is 9.10. The molecule has 0 saturated heterocycles. The largest absolute Gasteiger partial charge is 0.462 e. The first-order valence-corrected chi connectivity index (χ1v) is 11.1. The molecule has 1 aromatic heterocycles. The van der Waals surface area contributed by atoms with Crippen molar-refractivity contribution in [2.75, 3.05) is 11.9 Å². The number of nitrogens with one attached hydrogen (secondary N) is 1. The van der Waals surface area contributed by atoms with Crippen LogP contribution in [0.2, 0.25) is 0 Å². The highest BCUT2D eigenvalue weighted by atomic mass is 79.9. The van der Waals surface area contributed by atoms with Gasteiger partial charge in [0.25, 0.3) is 5.91 Å². The fourth-order valence-electron chi connectivity index (χ4n) is 3.71. The van der Waals surface area contributed by atoms with E-state index in [-0.39, 0.29) is 18.0 Å². The maximum Gasteiger partial charge on any atom is 0.339 e. The summed E-state index contributed by atoms with van der Waals surface area (Å²) in [7, 11) is 0. The topological polar surface area (TPSA) is 68.3 Å². The predicted octanol–water partition coefficient (Wildman–Crippen LogP) is 6.54. The molecule has 0 aliphatic carbocycles. The SMILES string of the molecule is CCOC(=O)c1cnc(NC(=O)c2c(C)c(-c3ccccc3)cc3ccc(Br)cc23)c(F)c1. The fraction of sp³-hybridized carbons (Fsp3) is 0.115. The first kappa shape index (κ1) is 22.6. The number of aromatic nitrogens is 1. The van der Waals surface area contributed by atoms with Crippen LogP contribution in [0.1, 0.15) is 33.2 Å². The molecule has 0 radical (unpaired) electrons. The van der Waals surface area contributed by atoms with E-state index in [1.54, 1.807) is 6.92 Å². The van der Waals surface area contributed by atoms with E-state index in [0.29, 0.717) is 5.56 Å². The van der Waals surface area contributed by atoms with Gasteiger partial charge in [-0.25, -0.2) is 14.2 Å². The van der Waals surface area contributed by atoms with Crippen LogP contribution in [0.4, 0.5) is 10.2 Å². The van der Waals surface area contributed by atoms with E-state index in [1.807, 2.05) is 61.5 Å². The molecule has 0 atom stereocenters. The summed E-state index contributed by atoms with van der Waals surface area (Å²) in [5.41, 5.74) is 3.03. The van der Waals surface area contributed by atoms with E-state index >= 15 is 0 Å². The lowest BCUT2D eigenvalue weighted by Gasteiger charge is -2.16. The van der Waals surface area contributed by atoms with Gasteiger partial charge in [-0.1, -0.05) is 52.3 Å². The molecule has 0 fully saturated rings. The van der Waals surface area contributed by atoms with Crippen LogP contribution in [-0.2, 0) is 4.74 Å². The number of benzene rings is 3. The third-order valence-corrected chi connectivity index (χ3v) is 5.75. The Morgan fingerprint density at radius 2 is 1.85 bits per heavy atom. The Kier molecular flexibility index (Phi) is 6.51. The zero-order valence-electron chi connectivity index (χ0n) is 18.0. The summed E-state index contributed by atoms with van der Waals surface area (Å²) in [6.07, 6.45) is 1.18. The average Bonchev–Trinajstić information content (AvgIpc) is 2.80. The van der Waals surface area contributed by atoms with Crippen molar-refractivity contribution in [2.24, 2.45) is 0 Å². The third-order valence-electron chi connectivity index (χ3n) is 5.26. The minimum Gasteiger partial charge on any atom is -0.462 e. The smallest absolute Gasteiger partial charge is 0.339 e. The number of esters is 1. The first-order chi connectivity index (χ1) is 15.9. The molecule has 1 heterocycles. The van der Waals surface area contributed by atoms with E-state index in [0.717, 1.165) is 38.0 Å². The number of amides is 1. The minimum atomic E-state index is -0.823. The highest BCUT2D eigenvalue weighted by Gasteiger charge is 2.20. The second kappa shape index (κ2) is 9.50. The molecule has 3 aromatic carbocycles. The van der Waals surface area contributed by atoms with Crippen molar-refractivity contribution in [3.05, 3.63) is 93.8 Å². The molecular formula is C26H20BrFN2O3. The Morgan fingerprint density at radius 3 is 2.55 bits per heavy atom. The molecule has 0 saturated carbocycles. The molecular weight excluding hydrogens is 487 g/mol. The Morgan fingerprint density at radius 1 is 1.09 bits per heavy atom. The van der Waals surface area contributed by atoms with Gasteiger partial charge in [-0.2, -0.15) is 0 Å². The molecule has 0 spiro atoms. The Bertz CT molecular complexity index is 1370. The van der Waals surface area contributed by atoms with Crippen molar-refractivity contribution in [3.8, 4) is 11.1 Å². The van der Waals surface area contributed by atoms with Crippen molar-refractivity contribution in [2.45, 2.75) is 13.8 Å². The van der Waals surface area contributed by atoms with E-state index in [2.05, 4.69) is 26.2 Å². The lowest BCUT2D eigenvalue weighted by Crippen LogP contribution is -2.17. The molecule has 0 unspecified atom stereocenters. The molecule has 0 bridgehead atoms. The monoisotopic (exact) mass is 506 g/mol. The number of rotatable bonds is 5. The van der Waals surface area contributed by atoms with Crippen molar-refractivity contribution in [1.29, 1.82) is 0 Å². The Balaban J connectivity index is 1.79. The van der Waals surface area contributed by atoms with Crippen LogP contribution in [0.3, 0.4) is 0 Å². The normalized spacial score (nSPS) is 10.8. The number of hydrogen-bond donors (Lipinski definition) is 1. The maximum atomic E-state index is 14.7. The lowest BCUT2D eigenvalue weighted by atomic mass is 9.91. The Hall–Kier alpha value is -3.58. The van der Waals surface area contributed by atoms with Gasteiger partial charge in [-0.15, -0.1) is 0 Å². The van der Waals surface area contributed by atoms with Gasteiger partial charge in [0.2, 0.25) is 0 Å². The van der Waals surface area contributed by atoms with Gasteiger partial charge in [0.15, 0.2) is 11.6 Å². The van der Waals surface area contributed by atoms with Crippen LogP contribution in [0.5, 0.6) is 0 Å². The first-order valence-electron chi connectivity index (χ1n) is 10.3. The number of hydrogen-bond acceptors (Lipinski definition) is 4. The van der Waals surface area contributed by atoms with Crippen LogP contribution in [0, 0.1) is 12.7 Å². The van der Waals surface area contributed by atoms with Crippen LogP contribution in [0.25, 0.3) is 21.9 Å². The number of nitrogens with zero attached hydrogens (tertiary/aromatic N) is 1. The van der Waals surface area contributed by atoms with Gasteiger partial charge < -0.3 is 10.1 Å². The van der Waals surface area contributed by atoms with Crippen LogP contribution in [-0.4, -0.2) is 23.5 Å². The highest BCUT2D eigenvalue weighted by Crippen LogP contribution is 2.34. The maximum absolute atomic E-state index is 14.7. The Labute approximate surface area is 198 Å². The molecule has 0 aliphatic heterocycles. The molecule has 7 heteroatoms. The van der Waals surface area contributed by atoms with E-state index < -0.39 is 17.7 Å². The van der Waals surface area contributed by atoms with Crippen molar-refractivity contribution >= 4 is 44.4 Å². The van der Waals surface area contributed by atoms with Gasteiger partial charge in [0.1, 0.15) is 0 Å². The summed E-state index contributed by atoms with van der Waals surface area (Å²) in [5.74, 6) is -2.26. The number of anilines is 1. The number of pyridine rings is 1. The van der Waals surface area contributed by atoms with Crippen molar-refractivity contribution in [3.63, 3.8) is 0 Å². The zero-order valence-corrected chi connectivity index (χ0v) is 19.6. The number of carbonyl (C=O) groups is 2.